The van der Waals surface area contributed by atoms with E-state index in [1.165, 1.54) is 6.92 Å². The summed E-state index contributed by atoms with van der Waals surface area (Å²) in [4.78, 5) is 24.6. The number of hydrogen-bond acceptors (Lipinski definition) is 2. The molecule has 4 nitrogen and oxygen atoms in total. The Morgan fingerprint density at radius 3 is 2.30 bits per heavy atom. The molecule has 110 valence electrons. The highest BCUT2D eigenvalue weighted by Crippen LogP contribution is 2.35. The minimum atomic E-state index is -0.863. The number of halogens is 3. The molecule has 0 aromatic heterocycles. The first kappa shape index (κ1) is 18.4. The number of hydrogen-bond donors (Lipinski definition) is 1. The third kappa shape index (κ3) is 4.42. The Balaban J connectivity index is 3.45. The van der Waals surface area contributed by atoms with Crippen LogP contribution in [-0.4, -0.2) is 23.5 Å². The van der Waals surface area contributed by atoms with Gasteiger partial charge in [0.1, 0.15) is 0 Å². The highest BCUT2D eigenvalue weighted by molar-refractivity contribution is 14.1. The van der Waals surface area contributed by atoms with Gasteiger partial charge in [0, 0.05) is 24.2 Å². The molecule has 0 aliphatic heterocycles. The van der Waals surface area contributed by atoms with Gasteiger partial charge in [0.25, 0.3) is 0 Å². The van der Waals surface area contributed by atoms with Gasteiger partial charge in [-0.25, -0.2) is 0 Å². The van der Waals surface area contributed by atoms with Gasteiger partial charge in [0.15, 0.2) is 0 Å². The summed E-state index contributed by atoms with van der Waals surface area (Å²) < 4.78 is 2.74. The summed E-state index contributed by atoms with van der Waals surface area (Å²) in [6, 6.07) is 1.93. The molecule has 1 aromatic rings. The fraction of sp³-hybridized carbons (Fsp3) is 0.385. The average Bonchev–Trinajstić information content (AvgIpc) is 2.32. The molecule has 0 heterocycles. The largest absolute Gasteiger partial charge is 0.481 e. The highest BCUT2D eigenvalue weighted by Gasteiger charge is 2.22. The lowest BCUT2D eigenvalue weighted by Gasteiger charge is -2.25. The molecule has 0 atom stereocenters. The van der Waals surface area contributed by atoms with Crippen LogP contribution in [-0.2, 0) is 16.0 Å². The second-order valence-corrected chi connectivity index (χ2v) is 7.63. The van der Waals surface area contributed by atoms with E-state index in [9.17, 15) is 9.59 Å². The molecule has 1 N–H and O–H groups in total. The van der Waals surface area contributed by atoms with Gasteiger partial charge in [-0.2, -0.15) is 0 Å². The number of rotatable bonds is 5. The van der Waals surface area contributed by atoms with Gasteiger partial charge in [-0.15, -0.1) is 0 Å². The van der Waals surface area contributed by atoms with Crippen LogP contribution in [0.3, 0.4) is 0 Å². The van der Waals surface area contributed by atoms with Crippen LogP contribution in [0.2, 0.25) is 0 Å². The number of carbonyl (C=O) groups is 2. The molecule has 0 saturated carbocycles. The van der Waals surface area contributed by atoms with Gasteiger partial charge in [-0.1, -0.05) is 6.92 Å². The van der Waals surface area contributed by atoms with Gasteiger partial charge in [0.05, 0.1) is 12.1 Å². The molecule has 20 heavy (non-hydrogen) atoms. The molecule has 0 aliphatic rings. The third-order valence-corrected chi connectivity index (χ3v) is 5.61. The Kier molecular flexibility index (Phi) is 7.46. The van der Waals surface area contributed by atoms with E-state index in [1.807, 2.05) is 13.0 Å². The third-order valence-electron chi connectivity index (χ3n) is 2.67. The van der Waals surface area contributed by atoms with E-state index in [1.54, 1.807) is 4.90 Å². The lowest BCUT2D eigenvalue weighted by molar-refractivity contribution is -0.136. The first-order valence-corrected chi connectivity index (χ1v) is 9.19. The van der Waals surface area contributed by atoms with Crippen molar-refractivity contribution in [1.82, 2.24) is 0 Å². The van der Waals surface area contributed by atoms with Crippen LogP contribution >= 0.6 is 67.8 Å². The van der Waals surface area contributed by atoms with Gasteiger partial charge < -0.3 is 10.0 Å². The monoisotopic (exact) mass is 613 g/mol. The van der Waals surface area contributed by atoms with E-state index in [0.717, 1.165) is 28.4 Å². The Bertz CT molecular complexity index is 546. The smallest absolute Gasteiger partial charge is 0.307 e. The maximum atomic E-state index is 11.9. The number of aliphatic carboxylic acids is 1. The lowest BCUT2D eigenvalue weighted by Crippen LogP contribution is -2.31. The van der Waals surface area contributed by atoms with Crippen molar-refractivity contribution in [3.63, 3.8) is 0 Å². The Hall–Kier alpha value is 0.350. The van der Waals surface area contributed by atoms with E-state index in [-0.39, 0.29) is 12.3 Å². The van der Waals surface area contributed by atoms with E-state index in [4.69, 9.17) is 5.11 Å². The number of amides is 1. The lowest BCUT2D eigenvalue weighted by atomic mass is 10.1. The second kappa shape index (κ2) is 8.11. The summed E-state index contributed by atoms with van der Waals surface area (Å²) in [7, 11) is 0. The zero-order valence-electron chi connectivity index (χ0n) is 11.0. The van der Waals surface area contributed by atoms with Crippen molar-refractivity contribution >= 4 is 85.3 Å². The van der Waals surface area contributed by atoms with Crippen molar-refractivity contribution in [2.24, 2.45) is 0 Å². The fourth-order valence-corrected chi connectivity index (χ4v) is 6.17. The fourth-order valence-electron chi connectivity index (χ4n) is 1.83. The maximum absolute atomic E-state index is 11.9. The number of carbonyl (C=O) groups excluding carboxylic acids is 1. The normalized spacial score (nSPS) is 10.4. The molecule has 0 aliphatic carbocycles. The number of carboxylic acids is 1. The molecule has 0 radical (unpaired) electrons. The summed E-state index contributed by atoms with van der Waals surface area (Å²) in [6.07, 6.45) is 0.824. The number of anilines is 1. The summed E-state index contributed by atoms with van der Waals surface area (Å²) in [5, 5.41) is 9.04. The molecule has 0 fully saturated rings. The quantitative estimate of drug-likeness (QED) is 0.514. The standard InChI is InChI=1S/C13H14I3NO3/c1-3-4-17(7(2)18)13-10(15)6-9(14)8(12(13)16)5-11(19)20/h6H,3-5H2,1-2H3,(H,19,20). The topological polar surface area (TPSA) is 57.6 Å². The highest BCUT2D eigenvalue weighted by atomic mass is 127. The molecule has 7 heteroatoms. The molecule has 0 unspecified atom stereocenters. The van der Waals surface area contributed by atoms with Crippen LogP contribution in [0.5, 0.6) is 0 Å². The Morgan fingerprint density at radius 2 is 1.85 bits per heavy atom. The second-order valence-electron chi connectivity index (χ2n) is 4.22. The van der Waals surface area contributed by atoms with Crippen LogP contribution in [0.4, 0.5) is 5.69 Å². The molecule has 1 amide bonds. The molecular weight excluding hydrogens is 599 g/mol. The zero-order chi connectivity index (χ0) is 15.4. The van der Waals surface area contributed by atoms with Crippen molar-refractivity contribution in [1.29, 1.82) is 0 Å². The molecule has 0 spiro atoms. The Morgan fingerprint density at radius 1 is 1.25 bits per heavy atom. The van der Waals surface area contributed by atoms with Crippen LogP contribution in [0.1, 0.15) is 25.8 Å². The molecule has 0 bridgehead atoms. The average molecular weight is 613 g/mol. The van der Waals surface area contributed by atoms with Crippen LogP contribution in [0, 0.1) is 10.7 Å². The predicted molar refractivity (Wildman–Crippen MR) is 104 cm³/mol. The van der Waals surface area contributed by atoms with Crippen LogP contribution in [0.25, 0.3) is 0 Å². The van der Waals surface area contributed by atoms with E-state index < -0.39 is 5.97 Å². The van der Waals surface area contributed by atoms with E-state index in [2.05, 4.69) is 67.8 Å². The van der Waals surface area contributed by atoms with Crippen molar-refractivity contribution in [2.45, 2.75) is 26.7 Å². The number of benzene rings is 1. The van der Waals surface area contributed by atoms with Crippen molar-refractivity contribution < 1.29 is 14.7 Å². The van der Waals surface area contributed by atoms with E-state index in [0.29, 0.717) is 6.54 Å². The van der Waals surface area contributed by atoms with Gasteiger partial charge >= 0.3 is 5.97 Å². The molecule has 1 aromatic carbocycles. The van der Waals surface area contributed by atoms with Crippen molar-refractivity contribution in [3.05, 3.63) is 22.3 Å². The minimum absolute atomic E-state index is 0.0230. The predicted octanol–water partition coefficient (Wildman–Crippen LogP) is 3.89. The van der Waals surface area contributed by atoms with Gasteiger partial charge in [-0.05, 0) is 85.8 Å². The summed E-state index contributed by atoms with van der Waals surface area (Å²) in [5.41, 5.74) is 1.61. The van der Waals surface area contributed by atoms with Crippen molar-refractivity contribution in [2.75, 3.05) is 11.4 Å². The van der Waals surface area contributed by atoms with Gasteiger partial charge in [0.2, 0.25) is 5.91 Å². The van der Waals surface area contributed by atoms with Crippen molar-refractivity contribution in [3.8, 4) is 0 Å². The molecule has 0 saturated heterocycles. The Labute approximate surface area is 159 Å². The first-order chi connectivity index (χ1) is 9.29. The number of carboxylic acid groups (broad SMARTS) is 1. The van der Waals surface area contributed by atoms with E-state index >= 15 is 0 Å². The number of nitrogens with zero attached hydrogens (tertiary/aromatic N) is 1. The van der Waals surface area contributed by atoms with Crippen LogP contribution < -0.4 is 4.90 Å². The zero-order valence-corrected chi connectivity index (χ0v) is 17.5. The summed E-state index contributed by atoms with van der Waals surface area (Å²) in [5.74, 6) is -0.886. The van der Waals surface area contributed by atoms with Gasteiger partial charge in [-0.3, -0.25) is 9.59 Å². The maximum Gasteiger partial charge on any atom is 0.307 e. The molecule has 1 rings (SSSR count). The minimum Gasteiger partial charge on any atom is -0.481 e. The van der Waals surface area contributed by atoms with Crippen LogP contribution in [0.15, 0.2) is 6.07 Å². The summed E-state index contributed by atoms with van der Waals surface area (Å²) >= 11 is 6.49. The molecular formula is C13H14I3NO3. The first-order valence-electron chi connectivity index (χ1n) is 5.95. The summed E-state index contributed by atoms with van der Waals surface area (Å²) in [6.45, 7) is 4.19. The SMILES string of the molecule is CCCN(C(C)=O)c1c(I)cc(I)c(CC(=O)O)c1I.